The predicted molar refractivity (Wildman–Crippen MR) is 134 cm³/mol. The van der Waals surface area contributed by atoms with Gasteiger partial charge in [-0.1, -0.05) is 36.4 Å². The van der Waals surface area contributed by atoms with Gasteiger partial charge >= 0.3 is 6.01 Å². The maximum absolute atomic E-state index is 10.4. The van der Waals surface area contributed by atoms with E-state index in [-0.39, 0.29) is 40.8 Å². The number of rotatable bonds is 4. The average Bonchev–Trinajstić information content (AvgIpc) is 3.34. The van der Waals surface area contributed by atoms with Gasteiger partial charge in [-0.2, -0.15) is 9.97 Å². The summed E-state index contributed by atoms with van der Waals surface area (Å²) in [7, 11) is 0. The maximum Gasteiger partial charge on any atom is 0.320 e. The number of aromatic hydroxyl groups is 3. The molecule has 1 fully saturated rings. The summed E-state index contributed by atoms with van der Waals surface area (Å²) >= 11 is 0. The lowest BCUT2D eigenvalue weighted by Gasteiger charge is -2.14. The first kappa shape index (κ1) is 21.2. The molecule has 4 aromatic carbocycles. The van der Waals surface area contributed by atoms with Crippen LogP contribution >= 0.6 is 0 Å². The van der Waals surface area contributed by atoms with E-state index in [9.17, 15) is 15.3 Å². The summed E-state index contributed by atoms with van der Waals surface area (Å²) in [6.07, 6.45) is 4.05. The molecule has 0 spiro atoms. The van der Waals surface area contributed by atoms with E-state index in [2.05, 4.69) is 39.2 Å². The van der Waals surface area contributed by atoms with Crippen molar-refractivity contribution < 1.29 is 20.1 Å². The molecule has 0 radical (unpaired) electrons. The van der Waals surface area contributed by atoms with Gasteiger partial charge in [-0.15, -0.1) is 0 Å². The molecule has 1 aromatic heterocycles. The van der Waals surface area contributed by atoms with Crippen molar-refractivity contribution in [3.8, 4) is 46.0 Å². The third kappa shape index (κ3) is 4.05. The summed E-state index contributed by atoms with van der Waals surface area (Å²) in [5.74, 6) is -0.503. The van der Waals surface area contributed by atoms with Gasteiger partial charge in [0.1, 0.15) is 28.9 Å². The first-order chi connectivity index (χ1) is 17.0. The van der Waals surface area contributed by atoms with Crippen LogP contribution in [0.15, 0.2) is 66.7 Å². The normalized spacial score (nSPS) is 14.1. The average molecular weight is 466 g/mol. The fourth-order valence-corrected chi connectivity index (χ4v) is 4.71. The molecule has 0 saturated heterocycles. The molecule has 1 saturated carbocycles. The minimum atomic E-state index is -0.337. The van der Waals surface area contributed by atoms with Crippen molar-refractivity contribution in [3.63, 3.8) is 0 Å². The summed E-state index contributed by atoms with van der Waals surface area (Å²) in [6.45, 7) is 0. The molecule has 0 unspecified atom stereocenters. The quantitative estimate of drug-likeness (QED) is 0.281. The highest BCUT2D eigenvalue weighted by Crippen LogP contribution is 2.40. The van der Waals surface area contributed by atoms with Crippen molar-refractivity contribution in [1.82, 2.24) is 15.0 Å². The fourth-order valence-electron chi connectivity index (χ4n) is 4.71. The van der Waals surface area contributed by atoms with Crippen LogP contribution in [0.1, 0.15) is 25.7 Å². The Kier molecular flexibility index (Phi) is 5.10. The molecule has 1 aliphatic rings. The molecular formula is C28H23N3O4. The first-order valence-corrected chi connectivity index (χ1v) is 11.6. The van der Waals surface area contributed by atoms with Crippen LogP contribution in [-0.2, 0) is 0 Å². The van der Waals surface area contributed by atoms with E-state index in [1.807, 2.05) is 30.3 Å². The molecule has 0 bridgehead atoms. The number of nitrogens with zero attached hydrogens (tertiary/aromatic N) is 3. The zero-order valence-electron chi connectivity index (χ0n) is 18.8. The Morgan fingerprint density at radius 1 is 0.657 bits per heavy atom. The summed E-state index contributed by atoms with van der Waals surface area (Å²) in [4.78, 5) is 13.5. The van der Waals surface area contributed by atoms with Crippen molar-refractivity contribution in [3.05, 3.63) is 66.7 Å². The summed E-state index contributed by atoms with van der Waals surface area (Å²) in [5.41, 5.74) is 0.764. The molecule has 0 amide bonds. The van der Waals surface area contributed by atoms with Crippen LogP contribution in [0.5, 0.6) is 23.3 Å². The molecule has 7 nitrogen and oxygen atoms in total. The Morgan fingerprint density at radius 3 is 2.00 bits per heavy atom. The second kappa shape index (κ2) is 8.43. The van der Waals surface area contributed by atoms with E-state index in [0.717, 1.165) is 59.5 Å². The smallest absolute Gasteiger partial charge is 0.320 e. The summed E-state index contributed by atoms with van der Waals surface area (Å²) in [5, 5.41) is 35.0. The molecule has 1 aliphatic carbocycles. The molecule has 35 heavy (non-hydrogen) atoms. The van der Waals surface area contributed by atoms with Crippen LogP contribution in [-0.4, -0.2) is 36.4 Å². The Labute approximate surface area is 201 Å². The van der Waals surface area contributed by atoms with Crippen molar-refractivity contribution in [1.29, 1.82) is 0 Å². The van der Waals surface area contributed by atoms with Gasteiger partial charge < -0.3 is 20.1 Å². The summed E-state index contributed by atoms with van der Waals surface area (Å²) in [6, 6.07) is 20.9. The van der Waals surface area contributed by atoms with Gasteiger partial charge in [-0.05, 0) is 65.4 Å². The minimum Gasteiger partial charge on any atom is -0.508 e. The number of benzene rings is 4. The van der Waals surface area contributed by atoms with Gasteiger partial charge in [0.2, 0.25) is 0 Å². The van der Waals surface area contributed by atoms with Crippen molar-refractivity contribution in [2.45, 2.75) is 31.8 Å². The zero-order valence-corrected chi connectivity index (χ0v) is 18.8. The molecule has 3 N–H and O–H groups in total. The fraction of sp³-hybridized carbons (Fsp3) is 0.179. The van der Waals surface area contributed by atoms with Gasteiger partial charge in [0.05, 0.1) is 0 Å². The second-order valence-corrected chi connectivity index (χ2v) is 8.91. The second-order valence-electron chi connectivity index (χ2n) is 8.91. The largest absolute Gasteiger partial charge is 0.508 e. The van der Waals surface area contributed by atoms with E-state index in [0.29, 0.717) is 5.82 Å². The Morgan fingerprint density at radius 2 is 1.29 bits per heavy atom. The van der Waals surface area contributed by atoms with E-state index >= 15 is 0 Å². The molecule has 0 aliphatic heterocycles. The molecule has 1 heterocycles. The van der Waals surface area contributed by atoms with Crippen LogP contribution in [0.25, 0.3) is 44.3 Å². The van der Waals surface area contributed by atoms with E-state index in [4.69, 9.17) is 4.74 Å². The molecule has 5 aromatic rings. The maximum atomic E-state index is 10.4. The standard InChI is InChI=1S/C28H23N3O4/c32-21-14-23(33)25(24(34)15-21)27-29-26(30-28(31-27)35-22-7-3-4-8-22)19-10-9-18-11-16-5-1-2-6-17(16)12-20(18)13-19/h1-2,5-6,9-15,22,32-34H,3-4,7-8H2. The lowest BCUT2D eigenvalue weighted by atomic mass is 10.0. The number of hydrogen-bond donors (Lipinski definition) is 3. The van der Waals surface area contributed by atoms with Crippen LogP contribution < -0.4 is 4.74 Å². The number of phenolic OH excluding ortho intramolecular Hbond substituents is 3. The highest BCUT2D eigenvalue weighted by molar-refractivity contribution is 5.99. The predicted octanol–water partition coefficient (Wildman–Crippen LogP) is 5.95. The molecule has 6 rings (SSSR count). The Balaban J connectivity index is 1.50. The lowest BCUT2D eigenvalue weighted by molar-refractivity contribution is 0.192. The van der Waals surface area contributed by atoms with Crippen molar-refractivity contribution >= 4 is 21.5 Å². The molecule has 7 heteroatoms. The van der Waals surface area contributed by atoms with E-state index < -0.39 is 0 Å². The van der Waals surface area contributed by atoms with Crippen LogP contribution in [0.3, 0.4) is 0 Å². The van der Waals surface area contributed by atoms with Gasteiger partial charge in [0, 0.05) is 17.7 Å². The van der Waals surface area contributed by atoms with Gasteiger partial charge in [0.15, 0.2) is 11.6 Å². The zero-order chi connectivity index (χ0) is 23.9. The van der Waals surface area contributed by atoms with Crippen LogP contribution in [0.4, 0.5) is 0 Å². The van der Waals surface area contributed by atoms with Crippen molar-refractivity contribution in [2.24, 2.45) is 0 Å². The minimum absolute atomic E-state index is 0.00880. The van der Waals surface area contributed by atoms with Crippen LogP contribution in [0, 0.1) is 0 Å². The molecule has 174 valence electrons. The SMILES string of the molecule is Oc1cc(O)c(-c2nc(OC3CCCC3)nc(-c3ccc4cc5ccccc5cc4c3)n2)c(O)c1. The van der Waals surface area contributed by atoms with E-state index in [1.54, 1.807) is 0 Å². The Bertz CT molecular complexity index is 1560. The topological polar surface area (TPSA) is 109 Å². The third-order valence-corrected chi connectivity index (χ3v) is 6.46. The monoisotopic (exact) mass is 465 g/mol. The number of aromatic nitrogens is 3. The van der Waals surface area contributed by atoms with Gasteiger partial charge in [0.25, 0.3) is 0 Å². The third-order valence-electron chi connectivity index (χ3n) is 6.46. The molecule has 0 atom stereocenters. The van der Waals surface area contributed by atoms with E-state index in [1.165, 1.54) is 5.39 Å². The number of fused-ring (bicyclic) bond motifs is 2. The van der Waals surface area contributed by atoms with Gasteiger partial charge in [-0.3, -0.25) is 0 Å². The van der Waals surface area contributed by atoms with Crippen LogP contribution in [0.2, 0.25) is 0 Å². The highest BCUT2D eigenvalue weighted by Gasteiger charge is 2.22. The lowest BCUT2D eigenvalue weighted by Crippen LogP contribution is -2.14. The highest BCUT2D eigenvalue weighted by atomic mass is 16.5. The van der Waals surface area contributed by atoms with Crippen molar-refractivity contribution in [2.75, 3.05) is 0 Å². The number of ether oxygens (including phenoxy) is 1. The Hall–Kier alpha value is -4.39. The number of phenols is 3. The van der Waals surface area contributed by atoms with Gasteiger partial charge in [-0.25, -0.2) is 4.98 Å². The molecular weight excluding hydrogens is 442 g/mol. The number of hydrogen-bond acceptors (Lipinski definition) is 7. The summed E-state index contributed by atoms with van der Waals surface area (Å²) < 4.78 is 6.07. The first-order valence-electron chi connectivity index (χ1n) is 11.6.